The number of fused-ring (bicyclic) bond motifs is 1. The average Bonchev–Trinajstić information content (AvgIpc) is 2.74. The Bertz CT molecular complexity index is 375. The van der Waals surface area contributed by atoms with Gasteiger partial charge in [-0.3, -0.25) is 0 Å². The first-order chi connectivity index (χ1) is 7.93. The molecule has 16 heavy (non-hydrogen) atoms. The van der Waals surface area contributed by atoms with E-state index in [1.807, 2.05) is 11.8 Å². The molecule has 0 radical (unpaired) electrons. The Morgan fingerprint density at radius 2 is 2.25 bits per heavy atom. The lowest BCUT2D eigenvalue weighted by Gasteiger charge is -2.10. The molecule has 1 aromatic heterocycles. The summed E-state index contributed by atoms with van der Waals surface area (Å²) < 4.78 is 0. The standard InChI is InChI=1S/C12H17N3S/c1-4-13-7-10(1)12-14-8-9-2-5-16-6-3-11(9)15-12/h8,10,13H,1-7H2. The zero-order valence-electron chi connectivity index (χ0n) is 9.41. The lowest BCUT2D eigenvalue weighted by Crippen LogP contribution is -2.12. The van der Waals surface area contributed by atoms with E-state index in [1.165, 1.54) is 29.2 Å². The van der Waals surface area contributed by atoms with E-state index in [-0.39, 0.29) is 0 Å². The van der Waals surface area contributed by atoms with Crippen molar-refractivity contribution in [1.82, 2.24) is 15.3 Å². The first kappa shape index (κ1) is 10.5. The van der Waals surface area contributed by atoms with Crippen LogP contribution in [0.2, 0.25) is 0 Å². The van der Waals surface area contributed by atoms with Crippen LogP contribution in [0.15, 0.2) is 6.20 Å². The number of rotatable bonds is 1. The lowest BCUT2D eigenvalue weighted by molar-refractivity contribution is 0.689. The minimum absolute atomic E-state index is 0.543. The second kappa shape index (κ2) is 4.72. The lowest BCUT2D eigenvalue weighted by atomic mass is 10.1. The number of aryl methyl sites for hydroxylation is 2. The summed E-state index contributed by atoms with van der Waals surface area (Å²) in [5, 5.41) is 3.38. The molecule has 0 amide bonds. The van der Waals surface area contributed by atoms with Crippen LogP contribution in [0.3, 0.4) is 0 Å². The maximum atomic E-state index is 4.79. The summed E-state index contributed by atoms with van der Waals surface area (Å²) in [6, 6.07) is 0. The van der Waals surface area contributed by atoms with Crippen molar-refractivity contribution in [2.75, 3.05) is 24.6 Å². The van der Waals surface area contributed by atoms with Gasteiger partial charge in [-0.05, 0) is 42.9 Å². The van der Waals surface area contributed by atoms with Gasteiger partial charge in [0.05, 0.1) is 0 Å². The molecule has 1 unspecified atom stereocenters. The number of hydrogen-bond donors (Lipinski definition) is 1. The van der Waals surface area contributed by atoms with Crippen molar-refractivity contribution in [3.63, 3.8) is 0 Å². The van der Waals surface area contributed by atoms with Crippen LogP contribution < -0.4 is 5.32 Å². The van der Waals surface area contributed by atoms with Crippen LogP contribution in [0, 0.1) is 0 Å². The maximum absolute atomic E-state index is 4.79. The van der Waals surface area contributed by atoms with Crippen molar-refractivity contribution < 1.29 is 0 Å². The highest BCUT2D eigenvalue weighted by atomic mass is 32.2. The fourth-order valence-corrected chi connectivity index (χ4v) is 3.31. The number of nitrogens with one attached hydrogen (secondary N) is 1. The summed E-state index contributed by atoms with van der Waals surface area (Å²) in [4.78, 5) is 9.35. The number of thioether (sulfide) groups is 1. The van der Waals surface area contributed by atoms with Gasteiger partial charge in [-0.25, -0.2) is 9.97 Å². The summed E-state index contributed by atoms with van der Waals surface area (Å²) >= 11 is 2.03. The average molecular weight is 235 g/mol. The van der Waals surface area contributed by atoms with Crippen LogP contribution in [-0.4, -0.2) is 34.6 Å². The maximum Gasteiger partial charge on any atom is 0.132 e. The second-order valence-electron chi connectivity index (χ2n) is 4.50. The summed E-state index contributed by atoms with van der Waals surface area (Å²) in [6.45, 7) is 2.16. The van der Waals surface area contributed by atoms with Gasteiger partial charge in [0.2, 0.25) is 0 Å². The molecule has 1 atom stereocenters. The monoisotopic (exact) mass is 235 g/mol. The van der Waals surface area contributed by atoms with Crippen molar-refractivity contribution in [2.24, 2.45) is 0 Å². The van der Waals surface area contributed by atoms with Crippen molar-refractivity contribution >= 4 is 11.8 Å². The number of aromatic nitrogens is 2. The van der Waals surface area contributed by atoms with E-state index in [2.05, 4.69) is 16.5 Å². The molecule has 0 saturated carbocycles. The summed E-state index contributed by atoms with van der Waals surface area (Å²) in [5.41, 5.74) is 2.68. The minimum atomic E-state index is 0.543. The quantitative estimate of drug-likeness (QED) is 0.798. The molecule has 1 aromatic rings. The first-order valence-electron chi connectivity index (χ1n) is 6.06. The SMILES string of the molecule is c1nc(C2CCNC2)nc2c1CCSCC2. The topological polar surface area (TPSA) is 37.8 Å². The number of hydrogen-bond acceptors (Lipinski definition) is 4. The molecular weight excluding hydrogens is 218 g/mol. The minimum Gasteiger partial charge on any atom is -0.316 e. The summed E-state index contributed by atoms with van der Waals surface area (Å²) in [7, 11) is 0. The van der Waals surface area contributed by atoms with Crippen molar-refractivity contribution in [3.05, 3.63) is 23.3 Å². The van der Waals surface area contributed by atoms with Gasteiger partial charge in [0.25, 0.3) is 0 Å². The van der Waals surface area contributed by atoms with E-state index in [0.717, 1.165) is 31.8 Å². The van der Waals surface area contributed by atoms with Crippen LogP contribution in [0.5, 0.6) is 0 Å². The van der Waals surface area contributed by atoms with E-state index in [4.69, 9.17) is 4.98 Å². The van der Waals surface area contributed by atoms with Crippen molar-refractivity contribution in [3.8, 4) is 0 Å². The normalized spacial score (nSPS) is 25.1. The summed E-state index contributed by atoms with van der Waals surface area (Å²) in [5.74, 6) is 4.05. The highest BCUT2D eigenvalue weighted by Crippen LogP contribution is 2.22. The molecule has 3 nitrogen and oxygen atoms in total. The van der Waals surface area contributed by atoms with E-state index in [9.17, 15) is 0 Å². The smallest absolute Gasteiger partial charge is 0.132 e. The van der Waals surface area contributed by atoms with Crippen LogP contribution in [0.25, 0.3) is 0 Å². The predicted octanol–water partition coefficient (Wildman–Crippen LogP) is 1.39. The van der Waals surface area contributed by atoms with E-state index in [0.29, 0.717) is 5.92 Å². The zero-order valence-corrected chi connectivity index (χ0v) is 10.2. The molecular formula is C12H17N3S. The van der Waals surface area contributed by atoms with Crippen LogP contribution in [0.4, 0.5) is 0 Å². The zero-order chi connectivity index (χ0) is 10.8. The first-order valence-corrected chi connectivity index (χ1v) is 7.22. The molecule has 2 aliphatic heterocycles. The molecule has 0 aliphatic carbocycles. The van der Waals surface area contributed by atoms with Gasteiger partial charge in [0.15, 0.2) is 0 Å². The molecule has 86 valence electrons. The second-order valence-corrected chi connectivity index (χ2v) is 5.73. The molecule has 4 heteroatoms. The van der Waals surface area contributed by atoms with Gasteiger partial charge in [0, 0.05) is 24.4 Å². The Kier molecular flexibility index (Phi) is 3.11. The van der Waals surface area contributed by atoms with E-state index < -0.39 is 0 Å². The highest BCUT2D eigenvalue weighted by Gasteiger charge is 2.20. The van der Waals surface area contributed by atoms with Gasteiger partial charge < -0.3 is 5.32 Å². The van der Waals surface area contributed by atoms with Gasteiger partial charge in [-0.15, -0.1) is 0 Å². The molecule has 0 spiro atoms. The summed E-state index contributed by atoms with van der Waals surface area (Å²) in [6.07, 6.45) is 5.52. The Hall–Kier alpha value is -0.610. The van der Waals surface area contributed by atoms with E-state index >= 15 is 0 Å². The molecule has 1 N–H and O–H groups in total. The fourth-order valence-electron chi connectivity index (χ4n) is 2.41. The molecule has 3 rings (SSSR count). The fraction of sp³-hybridized carbons (Fsp3) is 0.667. The van der Waals surface area contributed by atoms with Crippen LogP contribution in [0.1, 0.15) is 29.4 Å². The molecule has 0 bridgehead atoms. The predicted molar refractivity (Wildman–Crippen MR) is 67.0 cm³/mol. The Morgan fingerprint density at radius 3 is 3.12 bits per heavy atom. The van der Waals surface area contributed by atoms with Gasteiger partial charge in [0.1, 0.15) is 5.82 Å². The van der Waals surface area contributed by atoms with Crippen molar-refractivity contribution in [1.29, 1.82) is 0 Å². The van der Waals surface area contributed by atoms with Crippen LogP contribution >= 0.6 is 11.8 Å². The highest BCUT2D eigenvalue weighted by molar-refractivity contribution is 7.99. The Labute approximate surface area is 100 Å². The molecule has 2 aliphatic rings. The van der Waals surface area contributed by atoms with Gasteiger partial charge in [-0.2, -0.15) is 11.8 Å². The molecule has 1 saturated heterocycles. The van der Waals surface area contributed by atoms with Gasteiger partial charge >= 0.3 is 0 Å². The largest absolute Gasteiger partial charge is 0.316 e. The third kappa shape index (κ3) is 2.09. The Morgan fingerprint density at radius 1 is 1.31 bits per heavy atom. The van der Waals surface area contributed by atoms with Crippen LogP contribution in [-0.2, 0) is 12.8 Å². The molecule has 0 aromatic carbocycles. The third-order valence-corrected chi connectivity index (χ3v) is 4.38. The third-order valence-electron chi connectivity index (χ3n) is 3.40. The van der Waals surface area contributed by atoms with E-state index in [1.54, 1.807) is 0 Å². The molecule has 3 heterocycles. The molecule has 1 fully saturated rings. The van der Waals surface area contributed by atoms with Crippen molar-refractivity contribution in [2.45, 2.75) is 25.2 Å². The number of nitrogens with zero attached hydrogens (tertiary/aromatic N) is 2. The Balaban J connectivity index is 1.88. The van der Waals surface area contributed by atoms with Gasteiger partial charge in [-0.1, -0.05) is 0 Å².